The van der Waals surface area contributed by atoms with Gasteiger partial charge in [-0.1, -0.05) is 5.16 Å². The van der Waals surface area contributed by atoms with Crippen molar-refractivity contribution in [2.45, 2.75) is 18.8 Å². The molecule has 2 aromatic rings. The highest BCUT2D eigenvalue weighted by Crippen LogP contribution is 2.24. The van der Waals surface area contributed by atoms with E-state index in [1.807, 2.05) is 6.07 Å². The second-order valence-corrected chi connectivity index (χ2v) is 4.59. The fraction of sp³-hybridized carbons (Fsp3) is 0.462. The number of nitrogens with zero attached hydrogens (tertiary/aromatic N) is 3. The van der Waals surface area contributed by atoms with Gasteiger partial charge in [-0.3, -0.25) is 0 Å². The number of hydrogen-bond donors (Lipinski definition) is 1. The Balaban J connectivity index is 1.79. The van der Waals surface area contributed by atoms with Crippen molar-refractivity contribution in [3.63, 3.8) is 0 Å². The van der Waals surface area contributed by atoms with E-state index in [9.17, 15) is 0 Å². The predicted molar refractivity (Wildman–Crippen MR) is 68.9 cm³/mol. The highest BCUT2D eigenvalue weighted by atomic mass is 16.5. The summed E-state index contributed by atoms with van der Waals surface area (Å²) in [6, 6.07) is 3.66. The van der Waals surface area contributed by atoms with Gasteiger partial charge in [-0.05, 0) is 25.5 Å². The molecule has 2 aromatic heterocycles. The highest BCUT2D eigenvalue weighted by Gasteiger charge is 2.21. The third-order valence-corrected chi connectivity index (χ3v) is 3.29. The zero-order valence-electron chi connectivity index (χ0n) is 10.8. The SMILES string of the molecule is COc1ccc(-c2noc([C@@H]3CCCNC3)n2)cn1. The van der Waals surface area contributed by atoms with Crippen LogP contribution in [0.5, 0.6) is 5.88 Å². The van der Waals surface area contributed by atoms with Gasteiger partial charge in [0.25, 0.3) is 0 Å². The molecule has 1 N–H and O–H groups in total. The summed E-state index contributed by atoms with van der Waals surface area (Å²) in [6.07, 6.45) is 3.93. The number of ether oxygens (including phenoxy) is 1. The second kappa shape index (κ2) is 5.36. The van der Waals surface area contributed by atoms with E-state index < -0.39 is 0 Å². The van der Waals surface area contributed by atoms with Crippen LogP contribution < -0.4 is 10.1 Å². The number of rotatable bonds is 3. The minimum atomic E-state index is 0.321. The lowest BCUT2D eigenvalue weighted by molar-refractivity contribution is 0.322. The monoisotopic (exact) mass is 260 g/mol. The lowest BCUT2D eigenvalue weighted by atomic mass is 10.00. The summed E-state index contributed by atoms with van der Waals surface area (Å²) in [6.45, 7) is 1.97. The molecule has 0 aromatic carbocycles. The Labute approximate surface area is 111 Å². The third-order valence-electron chi connectivity index (χ3n) is 3.29. The van der Waals surface area contributed by atoms with E-state index in [0.29, 0.717) is 23.5 Å². The summed E-state index contributed by atoms with van der Waals surface area (Å²) in [5.41, 5.74) is 0.833. The van der Waals surface area contributed by atoms with Crippen LogP contribution in [-0.4, -0.2) is 35.3 Å². The minimum Gasteiger partial charge on any atom is -0.481 e. The molecule has 1 fully saturated rings. The van der Waals surface area contributed by atoms with Gasteiger partial charge < -0.3 is 14.6 Å². The molecule has 1 aliphatic heterocycles. The standard InChI is InChI=1S/C13H16N4O2/c1-18-11-5-4-9(8-15-11)12-16-13(19-17-12)10-3-2-6-14-7-10/h4-5,8,10,14H,2-3,6-7H2,1H3/t10-/m1/s1. The van der Waals surface area contributed by atoms with Gasteiger partial charge in [0.2, 0.25) is 17.6 Å². The van der Waals surface area contributed by atoms with Crippen LogP contribution in [0.1, 0.15) is 24.7 Å². The fourth-order valence-electron chi connectivity index (χ4n) is 2.21. The molecule has 1 aliphatic rings. The van der Waals surface area contributed by atoms with Crippen LogP contribution in [0.3, 0.4) is 0 Å². The Hall–Kier alpha value is -1.95. The molecule has 3 heterocycles. The summed E-state index contributed by atoms with van der Waals surface area (Å²) < 4.78 is 10.4. The summed E-state index contributed by atoms with van der Waals surface area (Å²) in [5.74, 6) is 2.18. The molecular weight excluding hydrogens is 244 g/mol. The first kappa shape index (κ1) is 12.1. The van der Waals surface area contributed by atoms with Gasteiger partial charge in [-0.15, -0.1) is 0 Å². The quantitative estimate of drug-likeness (QED) is 0.903. The van der Waals surface area contributed by atoms with E-state index in [-0.39, 0.29) is 0 Å². The van der Waals surface area contributed by atoms with Crippen molar-refractivity contribution in [3.05, 3.63) is 24.2 Å². The Morgan fingerprint density at radius 2 is 2.37 bits per heavy atom. The summed E-state index contributed by atoms with van der Waals surface area (Å²) in [4.78, 5) is 8.60. The molecule has 1 saturated heterocycles. The molecule has 0 unspecified atom stereocenters. The number of nitrogens with one attached hydrogen (secondary N) is 1. The maximum absolute atomic E-state index is 5.35. The van der Waals surface area contributed by atoms with Gasteiger partial charge >= 0.3 is 0 Å². The lowest BCUT2D eigenvalue weighted by Gasteiger charge is -2.18. The summed E-state index contributed by atoms with van der Waals surface area (Å²) >= 11 is 0. The van der Waals surface area contributed by atoms with E-state index >= 15 is 0 Å². The lowest BCUT2D eigenvalue weighted by Crippen LogP contribution is -2.28. The van der Waals surface area contributed by atoms with Gasteiger partial charge in [0.1, 0.15) is 0 Å². The maximum atomic E-state index is 5.35. The van der Waals surface area contributed by atoms with Crippen molar-refractivity contribution in [3.8, 4) is 17.3 Å². The average Bonchev–Trinajstić information content (AvgIpc) is 2.98. The van der Waals surface area contributed by atoms with Crippen LogP contribution in [0, 0.1) is 0 Å². The highest BCUT2D eigenvalue weighted by molar-refractivity contribution is 5.53. The molecule has 1 atom stereocenters. The molecule has 100 valence electrons. The van der Waals surface area contributed by atoms with Gasteiger partial charge in [-0.2, -0.15) is 4.98 Å². The van der Waals surface area contributed by atoms with Crippen molar-refractivity contribution >= 4 is 0 Å². The minimum absolute atomic E-state index is 0.321. The van der Waals surface area contributed by atoms with Crippen LogP contribution in [0.2, 0.25) is 0 Å². The summed E-state index contributed by atoms with van der Waals surface area (Å²) in [5, 5.41) is 7.36. The van der Waals surface area contributed by atoms with Gasteiger partial charge in [0.15, 0.2) is 0 Å². The number of pyridine rings is 1. The molecule has 0 saturated carbocycles. The first-order valence-electron chi connectivity index (χ1n) is 6.41. The molecule has 6 nitrogen and oxygen atoms in total. The van der Waals surface area contributed by atoms with E-state index in [2.05, 4.69) is 20.4 Å². The normalized spacial score (nSPS) is 19.3. The molecule has 19 heavy (non-hydrogen) atoms. The van der Waals surface area contributed by atoms with Crippen molar-refractivity contribution in [2.24, 2.45) is 0 Å². The van der Waals surface area contributed by atoms with E-state index in [0.717, 1.165) is 31.5 Å². The van der Waals surface area contributed by atoms with Crippen LogP contribution >= 0.6 is 0 Å². The van der Waals surface area contributed by atoms with Crippen LogP contribution in [0.4, 0.5) is 0 Å². The van der Waals surface area contributed by atoms with E-state index in [1.54, 1.807) is 19.4 Å². The number of methoxy groups -OCH3 is 1. The topological polar surface area (TPSA) is 73.1 Å². The second-order valence-electron chi connectivity index (χ2n) is 4.59. The smallest absolute Gasteiger partial charge is 0.231 e. The molecule has 0 radical (unpaired) electrons. The van der Waals surface area contributed by atoms with Crippen LogP contribution in [0.25, 0.3) is 11.4 Å². The molecule has 0 bridgehead atoms. The van der Waals surface area contributed by atoms with E-state index in [1.165, 1.54) is 0 Å². The van der Waals surface area contributed by atoms with Crippen molar-refractivity contribution in [1.29, 1.82) is 0 Å². The van der Waals surface area contributed by atoms with Gasteiger partial charge in [-0.25, -0.2) is 4.98 Å². The first-order valence-corrected chi connectivity index (χ1v) is 6.41. The Kier molecular flexibility index (Phi) is 3.41. The molecular formula is C13H16N4O2. The zero-order valence-corrected chi connectivity index (χ0v) is 10.8. The Bertz CT molecular complexity index is 532. The predicted octanol–water partition coefficient (Wildman–Crippen LogP) is 1.61. The van der Waals surface area contributed by atoms with Crippen molar-refractivity contribution < 1.29 is 9.26 Å². The molecule has 0 aliphatic carbocycles. The third kappa shape index (κ3) is 2.58. The van der Waals surface area contributed by atoms with Crippen LogP contribution in [-0.2, 0) is 0 Å². The molecule has 6 heteroatoms. The average molecular weight is 260 g/mol. The number of aromatic nitrogens is 3. The summed E-state index contributed by atoms with van der Waals surface area (Å²) in [7, 11) is 1.59. The largest absolute Gasteiger partial charge is 0.481 e. The molecule has 3 rings (SSSR count). The Morgan fingerprint density at radius 3 is 3.05 bits per heavy atom. The zero-order chi connectivity index (χ0) is 13.1. The van der Waals surface area contributed by atoms with Gasteiger partial charge in [0, 0.05) is 24.4 Å². The van der Waals surface area contributed by atoms with Gasteiger partial charge in [0.05, 0.1) is 13.0 Å². The van der Waals surface area contributed by atoms with Crippen LogP contribution in [0.15, 0.2) is 22.9 Å². The number of piperidine rings is 1. The molecule has 0 amide bonds. The maximum Gasteiger partial charge on any atom is 0.231 e. The van der Waals surface area contributed by atoms with E-state index in [4.69, 9.17) is 9.26 Å². The van der Waals surface area contributed by atoms with Crippen molar-refractivity contribution in [1.82, 2.24) is 20.4 Å². The fourth-order valence-corrected chi connectivity index (χ4v) is 2.21. The van der Waals surface area contributed by atoms with Crippen molar-refractivity contribution in [2.75, 3.05) is 20.2 Å². The number of hydrogen-bond acceptors (Lipinski definition) is 6. The Morgan fingerprint density at radius 1 is 1.42 bits per heavy atom. The first-order chi connectivity index (χ1) is 9.36. The molecule has 0 spiro atoms.